The van der Waals surface area contributed by atoms with Gasteiger partial charge in [0.25, 0.3) is 0 Å². The summed E-state index contributed by atoms with van der Waals surface area (Å²) in [5.41, 5.74) is 6.46. The van der Waals surface area contributed by atoms with Gasteiger partial charge in [0.05, 0.1) is 11.6 Å². The van der Waals surface area contributed by atoms with Crippen LogP contribution in [0.2, 0.25) is 0 Å². The molecular formula is C16H13F3N4. The number of hydrogen-bond donors (Lipinski definition) is 2. The summed E-state index contributed by atoms with van der Waals surface area (Å²) >= 11 is 0. The molecular weight excluding hydrogens is 305 g/mol. The van der Waals surface area contributed by atoms with Gasteiger partial charge in [-0.1, -0.05) is 42.5 Å². The molecule has 3 rings (SSSR count). The third-order valence-corrected chi connectivity index (χ3v) is 3.40. The second-order valence-corrected chi connectivity index (χ2v) is 5.01. The minimum absolute atomic E-state index is 0.178. The molecule has 3 aromatic rings. The summed E-state index contributed by atoms with van der Waals surface area (Å²) in [6.45, 7) is 0. The molecule has 0 spiro atoms. The van der Waals surface area contributed by atoms with Crippen LogP contribution in [0.3, 0.4) is 0 Å². The predicted octanol–water partition coefficient (Wildman–Crippen LogP) is 3.54. The van der Waals surface area contributed by atoms with Crippen LogP contribution in [0, 0.1) is 0 Å². The number of hydrogen-bond acceptors (Lipinski definition) is 3. The zero-order valence-corrected chi connectivity index (χ0v) is 11.9. The Hall–Kier alpha value is -2.67. The van der Waals surface area contributed by atoms with Gasteiger partial charge in [0.1, 0.15) is 5.82 Å². The molecule has 0 aliphatic heterocycles. The van der Waals surface area contributed by atoms with Gasteiger partial charge in [0, 0.05) is 5.56 Å². The molecule has 2 aromatic carbocycles. The Bertz CT molecular complexity index is 796. The van der Waals surface area contributed by atoms with E-state index in [2.05, 4.69) is 15.2 Å². The standard InChI is InChI=1S/C16H13F3N4/c17-16(18,19)12-8-4-7-11(9-12)14-21-15(23-22-14)13(20)10-5-2-1-3-6-10/h1-9,13H,20H2,(H,21,22,23)/t13-/m0/s1. The van der Waals surface area contributed by atoms with Crippen molar-refractivity contribution in [1.82, 2.24) is 15.2 Å². The van der Waals surface area contributed by atoms with E-state index >= 15 is 0 Å². The van der Waals surface area contributed by atoms with Gasteiger partial charge in [-0.25, -0.2) is 4.98 Å². The number of rotatable bonds is 3. The average Bonchev–Trinajstić information content (AvgIpc) is 3.04. The molecule has 23 heavy (non-hydrogen) atoms. The molecule has 0 saturated heterocycles. The molecule has 0 aliphatic rings. The van der Waals surface area contributed by atoms with E-state index in [0.29, 0.717) is 5.82 Å². The number of nitrogens with two attached hydrogens (primary N) is 1. The van der Waals surface area contributed by atoms with E-state index in [1.54, 1.807) is 0 Å². The summed E-state index contributed by atoms with van der Waals surface area (Å²) in [7, 11) is 0. The zero-order valence-electron chi connectivity index (χ0n) is 11.9. The molecule has 1 aromatic heterocycles. The second-order valence-electron chi connectivity index (χ2n) is 5.01. The van der Waals surface area contributed by atoms with Crippen molar-refractivity contribution in [1.29, 1.82) is 0 Å². The predicted molar refractivity (Wildman–Crippen MR) is 79.3 cm³/mol. The normalized spacial score (nSPS) is 13.0. The van der Waals surface area contributed by atoms with Crippen LogP contribution in [0.15, 0.2) is 54.6 Å². The van der Waals surface area contributed by atoms with Gasteiger partial charge in [0.15, 0.2) is 5.82 Å². The first kappa shape index (κ1) is 15.2. The van der Waals surface area contributed by atoms with Gasteiger partial charge in [-0.15, -0.1) is 0 Å². The molecule has 4 nitrogen and oxygen atoms in total. The number of H-pyrrole nitrogens is 1. The second kappa shape index (κ2) is 5.85. The van der Waals surface area contributed by atoms with Crippen LogP contribution in [0.25, 0.3) is 11.4 Å². The highest BCUT2D eigenvalue weighted by atomic mass is 19.4. The van der Waals surface area contributed by atoms with Crippen molar-refractivity contribution in [3.05, 3.63) is 71.5 Å². The van der Waals surface area contributed by atoms with E-state index in [-0.39, 0.29) is 11.4 Å². The Labute approximate surface area is 130 Å². The summed E-state index contributed by atoms with van der Waals surface area (Å²) in [5.74, 6) is 0.570. The van der Waals surface area contributed by atoms with Gasteiger partial charge in [-0.2, -0.15) is 18.3 Å². The third kappa shape index (κ3) is 3.24. The van der Waals surface area contributed by atoms with E-state index in [9.17, 15) is 13.2 Å². The third-order valence-electron chi connectivity index (χ3n) is 3.40. The van der Waals surface area contributed by atoms with E-state index in [0.717, 1.165) is 17.7 Å². The zero-order chi connectivity index (χ0) is 16.4. The maximum Gasteiger partial charge on any atom is 0.416 e. The first-order valence-electron chi connectivity index (χ1n) is 6.85. The lowest BCUT2D eigenvalue weighted by Crippen LogP contribution is -2.13. The number of nitrogens with zero attached hydrogens (tertiary/aromatic N) is 2. The first-order valence-corrected chi connectivity index (χ1v) is 6.85. The van der Waals surface area contributed by atoms with Crippen LogP contribution in [0.1, 0.15) is 23.0 Å². The molecule has 0 unspecified atom stereocenters. The van der Waals surface area contributed by atoms with E-state index in [1.165, 1.54) is 12.1 Å². The number of aromatic nitrogens is 3. The highest BCUT2D eigenvalue weighted by Gasteiger charge is 2.30. The number of halogens is 3. The lowest BCUT2D eigenvalue weighted by atomic mass is 10.1. The van der Waals surface area contributed by atoms with Crippen molar-refractivity contribution in [2.75, 3.05) is 0 Å². The molecule has 0 fully saturated rings. The molecule has 7 heteroatoms. The Balaban J connectivity index is 1.91. The molecule has 118 valence electrons. The fraction of sp³-hybridized carbons (Fsp3) is 0.125. The van der Waals surface area contributed by atoms with Crippen molar-refractivity contribution in [3.63, 3.8) is 0 Å². The SMILES string of the molecule is N[C@@H](c1ccccc1)c1nc(-c2cccc(C(F)(F)F)c2)n[nH]1. The fourth-order valence-electron chi connectivity index (χ4n) is 2.20. The maximum absolute atomic E-state index is 12.8. The summed E-state index contributed by atoms with van der Waals surface area (Å²) in [5, 5.41) is 6.67. The van der Waals surface area contributed by atoms with E-state index < -0.39 is 17.8 Å². The van der Waals surface area contributed by atoms with Crippen LogP contribution >= 0.6 is 0 Å². The molecule has 1 atom stereocenters. The molecule has 0 bridgehead atoms. The van der Waals surface area contributed by atoms with E-state index in [1.807, 2.05) is 30.3 Å². The molecule has 3 N–H and O–H groups in total. The Kier molecular flexibility index (Phi) is 3.87. The van der Waals surface area contributed by atoms with Gasteiger partial charge in [-0.05, 0) is 17.7 Å². The number of alkyl halides is 3. The van der Waals surface area contributed by atoms with Crippen LogP contribution in [0.5, 0.6) is 0 Å². The largest absolute Gasteiger partial charge is 0.416 e. The molecule has 0 radical (unpaired) electrons. The molecule has 0 saturated carbocycles. The average molecular weight is 318 g/mol. The smallest absolute Gasteiger partial charge is 0.318 e. The monoisotopic (exact) mass is 318 g/mol. The Morgan fingerprint density at radius 2 is 1.74 bits per heavy atom. The van der Waals surface area contributed by atoms with Crippen LogP contribution in [-0.2, 0) is 6.18 Å². The van der Waals surface area contributed by atoms with Crippen molar-refractivity contribution < 1.29 is 13.2 Å². The van der Waals surface area contributed by atoms with Crippen molar-refractivity contribution in [2.45, 2.75) is 12.2 Å². The Morgan fingerprint density at radius 1 is 1.00 bits per heavy atom. The van der Waals surface area contributed by atoms with Gasteiger partial charge >= 0.3 is 6.18 Å². The summed E-state index contributed by atoms with van der Waals surface area (Å²) in [4.78, 5) is 4.22. The van der Waals surface area contributed by atoms with Gasteiger partial charge < -0.3 is 5.73 Å². The maximum atomic E-state index is 12.8. The number of nitrogens with one attached hydrogen (secondary N) is 1. The van der Waals surface area contributed by atoms with E-state index in [4.69, 9.17) is 5.73 Å². The van der Waals surface area contributed by atoms with Gasteiger partial charge in [-0.3, -0.25) is 5.10 Å². The lowest BCUT2D eigenvalue weighted by Gasteiger charge is -2.08. The van der Waals surface area contributed by atoms with Crippen LogP contribution < -0.4 is 5.73 Å². The Morgan fingerprint density at radius 3 is 2.43 bits per heavy atom. The minimum atomic E-state index is -4.41. The fourth-order valence-corrected chi connectivity index (χ4v) is 2.20. The highest BCUT2D eigenvalue weighted by Crippen LogP contribution is 2.31. The lowest BCUT2D eigenvalue weighted by molar-refractivity contribution is -0.137. The van der Waals surface area contributed by atoms with Crippen molar-refractivity contribution in [3.8, 4) is 11.4 Å². The topological polar surface area (TPSA) is 67.6 Å². The van der Waals surface area contributed by atoms with Crippen molar-refractivity contribution >= 4 is 0 Å². The minimum Gasteiger partial charge on any atom is -0.318 e. The number of aromatic amines is 1. The van der Waals surface area contributed by atoms with Crippen molar-refractivity contribution in [2.24, 2.45) is 5.73 Å². The molecule has 0 amide bonds. The molecule has 0 aliphatic carbocycles. The van der Waals surface area contributed by atoms with Crippen LogP contribution in [0.4, 0.5) is 13.2 Å². The number of benzene rings is 2. The summed E-state index contributed by atoms with van der Waals surface area (Å²) in [6, 6.07) is 13.6. The summed E-state index contributed by atoms with van der Waals surface area (Å²) < 4.78 is 38.3. The quantitative estimate of drug-likeness (QED) is 0.776. The first-order chi connectivity index (χ1) is 10.9. The van der Waals surface area contributed by atoms with Crippen LogP contribution in [-0.4, -0.2) is 15.2 Å². The summed E-state index contributed by atoms with van der Waals surface area (Å²) in [6.07, 6.45) is -4.41. The van der Waals surface area contributed by atoms with Gasteiger partial charge in [0.2, 0.25) is 0 Å². The highest BCUT2D eigenvalue weighted by molar-refractivity contribution is 5.56. The molecule has 1 heterocycles.